The molecule has 368 valence electrons. The number of unbranched alkanes of at least 4 members (excludes halogenated alkanes) is 35. The molecule has 0 fully saturated rings. The van der Waals surface area contributed by atoms with Crippen molar-refractivity contribution in [3.05, 3.63) is 0 Å². The molecule has 0 aliphatic rings. The van der Waals surface area contributed by atoms with E-state index in [1.807, 2.05) is 0 Å². The van der Waals surface area contributed by atoms with Gasteiger partial charge in [0.2, 0.25) is 0 Å². The van der Waals surface area contributed by atoms with Crippen molar-refractivity contribution in [2.45, 2.75) is 317 Å². The van der Waals surface area contributed by atoms with E-state index < -0.39 is 6.10 Å². The van der Waals surface area contributed by atoms with E-state index in [2.05, 4.69) is 34.6 Å². The Labute approximate surface area is 387 Å². The molecule has 0 aliphatic heterocycles. The lowest BCUT2D eigenvalue weighted by atomic mass is 10.0. The summed E-state index contributed by atoms with van der Waals surface area (Å²) >= 11 is 0. The monoisotopic (exact) mass is 877 g/mol. The average molecular weight is 877 g/mol. The minimum Gasteiger partial charge on any atom is -0.462 e. The van der Waals surface area contributed by atoms with Crippen LogP contribution in [0.2, 0.25) is 0 Å². The number of esters is 3. The van der Waals surface area contributed by atoms with E-state index in [1.54, 1.807) is 0 Å². The first kappa shape index (κ1) is 60.4. The fourth-order valence-electron chi connectivity index (χ4n) is 8.52. The lowest BCUT2D eigenvalue weighted by molar-refractivity contribution is -0.167. The number of hydrogen-bond donors (Lipinski definition) is 0. The van der Waals surface area contributed by atoms with Gasteiger partial charge in [-0.3, -0.25) is 14.4 Å². The normalized spacial score (nSPS) is 12.0. The highest BCUT2D eigenvalue weighted by atomic mass is 16.6. The molecule has 0 aromatic carbocycles. The Morgan fingerprint density at radius 3 is 0.790 bits per heavy atom. The van der Waals surface area contributed by atoms with E-state index in [-0.39, 0.29) is 31.1 Å². The predicted molar refractivity (Wildman–Crippen MR) is 266 cm³/mol. The Morgan fingerprint density at radius 2 is 0.532 bits per heavy atom. The van der Waals surface area contributed by atoms with Crippen molar-refractivity contribution in [1.82, 2.24) is 0 Å². The summed E-state index contributed by atoms with van der Waals surface area (Å²) < 4.78 is 16.9. The Hall–Kier alpha value is -1.59. The number of hydrogen-bond acceptors (Lipinski definition) is 6. The smallest absolute Gasteiger partial charge is 0.306 e. The van der Waals surface area contributed by atoms with Gasteiger partial charge in [0.05, 0.1) is 0 Å². The van der Waals surface area contributed by atoms with Gasteiger partial charge in [0, 0.05) is 19.3 Å². The fraction of sp³-hybridized carbons (Fsp3) is 0.946. The molecule has 0 spiro atoms. The Kier molecular flexibility index (Phi) is 47.6. The first-order chi connectivity index (χ1) is 30.2. The molecule has 0 saturated heterocycles. The van der Waals surface area contributed by atoms with Crippen molar-refractivity contribution in [3.8, 4) is 0 Å². The second-order valence-electron chi connectivity index (χ2n) is 20.2. The maximum atomic E-state index is 12.8. The van der Waals surface area contributed by atoms with Crippen LogP contribution in [-0.2, 0) is 28.6 Å². The van der Waals surface area contributed by atoms with Crippen molar-refractivity contribution >= 4 is 17.9 Å². The summed E-state index contributed by atoms with van der Waals surface area (Å²) in [6, 6.07) is 0. The molecule has 0 amide bonds. The Balaban J connectivity index is 4.28. The third-order valence-corrected chi connectivity index (χ3v) is 12.7. The standard InChI is InChI=1S/C56H108O6/c1-6-7-8-9-10-11-12-21-26-31-36-41-46-54(57)60-49-53(62-56(59)48-43-38-33-28-23-18-20-25-30-35-40-45-52(4)5)50-61-55(58)47-42-37-32-27-22-17-15-13-14-16-19-24-29-34-39-44-51(2)3/h51-53H,6-50H2,1-5H3/t53-/m1/s1. The summed E-state index contributed by atoms with van der Waals surface area (Å²) in [6.07, 6.45) is 50.9. The largest absolute Gasteiger partial charge is 0.462 e. The van der Waals surface area contributed by atoms with Gasteiger partial charge in [0.1, 0.15) is 13.2 Å². The Morgan fingerprint density at radius 1 is 0.306 bits per heavy atom. The van der Waals surface area contributed by atoms with Crippen LogP contribution in [0.5, 0.6) is 0 Å². The van der Waals surface area contributed by atoms with E-state index in [0.717, 1.165) is 69.6 Å². The van der Waals surface area contributed by atoms with Gasteiger partial charge in [0.25, 0.3) is 0 Å². The van der Waals surface area contributed by atoms with Crippen LogP contribution in [0, 0.1) is 11.8 Å². The molecule has 0 N–H and O–H groups in total. The SMILES string of the molecule is CCCCCCCCCCCCCCC(=O)OC[C@H](COC(=O)CCCCCCCCCCCCCCCCCC(C)C)OC(=O)CCCCCCCCCCCCCC(C)C. The number of carbonyl (C=O) groups excluding carboxylic acids is 3. The van der Waals surface area contributed by atoms with E-state index in [1.165, 1.54) is 199 Å². The molecule has 0 heterocycles. The molecule has 0 unspecified atom stereocenters. The number of carbonyl (C=O) groups is 3. The molecule has 0 saturated carbocycles. The highest BCUT2D eigenvalue weighted by Gasteiger charge is 2.19. The Bertz CT molecular complexity index is 947. The van der Waals surface area contributed by atoms with Crippen LogP contribution in [0.3, 0.4) is 0 Å². The van der Waals surface area contributed by atoms with E-state index in [0.29, 0.717) is 19.3 Å². The predicted octanol–water partition coefficient (Wildman–Crippen LogP) is 18.1. The summed E-state index contributed by atoms with van der Waals surface area (Å²) in [4.78, 5) is 38.0. The van der Waals surface area contributed by atoms with Crippen molar-refractivity contribution in [3.63, 3.8) is 0 Å². The quantitative estimate of drug-likeness (QED) is 0.0344. The highest BCUT2D eigenvalue weighted by molar-refractivity contribution is 5.71. The fourth-order valence-corrected chi connectivity index (χ4v) is 8.52. The highest BCUT2D eigenvalue weighted by Crippen LogP contribution is 2.18. The summed E-state index contributed by atoms with van der Waals surface area (Å²) in [7, 11) is 0. The number of rotatable bonds is 50. The summed E-state index contributed by atoms with van der Waals surface area (Å²) in [6.45, 7) is 11.4. The topological polar surface area (TPSA) is 78.9 Å². The second kappa shape index (κ2) is 48.9. The molecule has 0 aromatic rings. The molecule has 0 radical (unpaired) electrons. The van der Waals surface area contributed by atoms with Crippen molar-refractivity contribution in [2.75, 3.05) is 13.2 Å². The van der Waals surface area contributed by atoms with Crippen LogP contribution in [-0.4, -0.2) is 37.2 Å². The van der Waals surface area contributed by atoms with Gasteiger partial charge < -0.3 is 14.2 Å². The summed E-state index contributed by atoms with van der Waals surface area (Å²) in [5, 5.41) is 0. The van der Waals surface area contributed by atoms with Crippen molar-refractivity contribution < 1.29 is 28.6 Å². The van der Waals surface area contributed by atoms with Crippen LogP contribution < -0.4 is 0 Å². The number of ether oxygens (including phenoxy) is 3. The minimum atomic E-state index is -0.762. The van der Waals surface area contributed by atoms with Crippen LogP contribution in [0.1, 0.15) is 311 Å². The maximum Gasteiger partial charge on any atom is 0.306 e. The van der Waals surface area contributed by atoms with Gasteiger partial charge in [-0.25, -0.2) is 0 Å². The molecular weight excluding hydrogens is 769 g/mol. The van der Waals surface area contributed by atoms with Crippen molar-refractivity contribution in [1.29, 1.82) is 0 Å². The molecule has 0 aromatic heterocycles. The van der Waals surface area contributed by atoms with Crippen LogP contribution in [0.4, 0.5) is 0 Å². The van der Waals surface area contributed by atoms with Crippen LogP contribution in [0.25, 0.3) is 0 Å². The second-order valence-corrected chi connectivity index (χ2v) is 20.2. The summed E-state index contributed by atoms with van der Waals surface area (Å²) in [5.74, 6) is 0.831. The molecule has 0 bridgehead atoms. The van der Waals surface area contributed by atoms with Crippen LogP contribution in [0.15, 0.2) is 0 Å². The minimum absolute atomic E-state index is 0.0630. The molecule has 0 aliphatic carbocycles. The zero-order valence-electron chi connectivity index (χ0n) is 42.5. The van der Waals surface area contributed by atoms with Crippen molar-refractivity contribution in [2.24, 2.45) is 11.8 Å². The summed E-state index contributed by atoms with van der Waals surface area (Å²) in [5.41, 5.74) is 0. The van der Waals surface area contributed by atoms with Gasteiger partial charge in [-0.05, 0) is 31.1 Å². The van der Waals surface area contributed by atoms with E-state index >= 15 is 0 Å². The van der Waals surface area contributed by atoms with Crippen LogP contribution >= 0.6 is 0 Å². The lowest BCUT2D eigenvalue weighted by Crippen LogP contribution is -2.30. The van der Waals surface area contributed by atoms with Gasteiger partial charge in [-0.1, -0.05) is 272 Å². The van der Waals surface area contributed by atoms with E-state index in [4.69, 9.17) is 14.2 Å². The maximum absolute atomic E-state index is 12.8. The zero-order chi connectivity index (χ0) is 45.4. The molecule has 62 heavy (non-hydrogen) atoms. The first-order valence-corrected chi connectivity index (χ1v) is 27.7. The molecular formula is C56H108O6. The third kappa shape index (κ3) is 49.4. The van der Waals surface area contributed by atoms with E-state index in [9.17, 15) is 14.4 Å². The zero-order valence-corrected chi connectivity index (χ0v) is 42.5. The first-order valence-electron chi connectivity index (χ1n) is 27.7. The van der Waals surface area contributed by atoms with Gasteiger partial charge in [-0.15, -0.1) is 0 Å². The lowest BCUT2D eigenvalue weighted by Gasteiger charge is -2.18. The van der Waals surface area contributed by atoms with Gasteiger partial charge in [-0.2, -0.15) is 0 Å². The van der Waals surface area contributed by atoms with Gasteiger partial charge >= 0.3 is 17.9 Å². The molecule has 1 atom stereocenters. The molecule has 0 rings (SSSR count). The molecule has 6 heteroatoms. The average Bonchev–Trinajstić information content (AvgIpc) is 3.24. The van der Waals surface area contributed by atoms with Gasteiger partial charge in [0.15, 0.2) is 6.10 Å². The third-order valence-electron chi connectivity index (χ3n) is 12.7. The molecule has 6 nitrogen and oxygen atoms in total.